The van der Waals surface area contributed by atoms with Crippen molar-refractivity contribution < 1.29 is 9.84 Å². The molecular weight excluding hydrogens is 447 g/mol. The van der Waals surface area contributed by atoms with Crippen LogP contribution in [0.3, 0.4) is 0 Å². The first-order chi connectivity index (χ1) is 12.2. The van der Waals surface area contributed by atoms with Crippen molar-refractivity contribution in [3.8, 4) is 17.1 Å². The predicted octanol–water partition coefficient (Wildman–Crippen LogP) is 1.63. The summed E-state index contributed by atoms with van der Waals surface area (Å²) in [6.45, 7) is 4.62. The molecule has 0 saturated carbocycles. The molecule has 2 heterocycles. The normalized spacial score (nSPS) is 17.1. The van der Waals surface area contributed by atoms with Crippen molar-refractivity contribution >= 4 is 29.9 Å². The number of aromatic amines is 1. The van der Waals surface area contributed by atoms with Crippen LogP contribution in [0.1, 0.15) is 19.2 Å². The smallest absolute Gasteiger partial charge is 0.194 e. The Morgan fingerprint density at radius 3 is 2.81 bits per heavy atom. The van der Waals surface area contributed by atoms with Crippen LogP contribution in [-0.4, -0.2) is 64.0 Å². The van der Waals surface area contributed by atoms with E-state index in [9.17, 15) is 5.11 Å². The van der Waals surface area contributed by atoms with Crippen LogP contribution < -0.4 is 10.1 Å². The van der Waals surface area contributed by atoms with E-state index >= 15 is 0 Å². The minimum Gasteiger partial charge on any atom is -0.497 e. The van der Waals surface area contributed by atoms with E-state index < -0.39 is 0 Å². The molecule has 1 fully saturated rings. The number of guanidine groups is 1. The Bertz CT molecular complexity index is 718. The summed E-state index contributed by atoms with van der Waals surface area (Å²) in [6.07, 6.45) is 0.491. The lowest BCUT2D eigenvalue weighted by molar-refractivity contribution is 0.188. The number of benzene rings is 1. The van der Waals surface area contributed by atoms with Gasteiger partial charge in [0.05, 0.1) is 13.2 Å². The van der Waals surface area contributed by atoms with Crippen LogP contribution in [0.5, 0.6) is 5.75 Å². The number of hydrogen-bond acceptors (Lipinski definition) is 5. The van der Waals surface area contributed by atoms with E-state index in [1.165, 1.54) is 0 Å². The van der Waals surface area contributed by atoms with Crippen molar-refractivity contribution in [1.82, 2.24) is 25.4 Å². The van der Waals surface area contributed by atoms with E-state index in [1.807, 2.05) is 31.2 Å². The number of halogens is 1. The first-order valence-corrected chi connectivity index (χ1v) is 8.46. The van der Waals surface area contributed by atoms with E-state index in [-0.39, 0.29) is 30.1 Å². The molecule has 1 aromatic heterocycles. The molecule has 0 radical (unpaired) electrons. The molecular formula is C17H25IN6O2. The summed E-state index contributed by atoms with van der Waals surface area (Å²) >= 11 is 0. The summed E-state index contributed by atoms with van der Waals surface area (Å²) in [5.41, 5.74) is 0.918. The van der Waals surface area contributed by atoms with Crippen molar-refractivity contribution in [1.29, 1.82) is 0 Å². The number of nitrogens with zero attached hydrogens (tertiary/aromatic N) is 4. The average Bonchev–Trinajstić information content (AvgIpc) is 3.28. The van der Waals surface area contributed by atoms with Gasteiger partial charge in [-0.05, 0) is 37.6 Å². The molecule has 3 N–H and O–H groups in total. The molecule has 1 aliphatic heterocycles. The van der Waals surface area contributed by atoms with E-state index in [0.717, 1.165) is 36.8 Å². The third-order valence-corrected chi connectivity index (χ3v) is 4.06. The maximum atomic E-state index is 9.71. The first kappa shape index (κ1) is 20.4. The third kappa shape index (κ3) is 5.07. The Balaban J connectivity index is 0.00000243. The van der Waals surface area contributed by atoms with Gasteiger partial charge in [-0.2, -0.15) is 5.10 Å². The molecule has 8 nitrogen and oxygen atoms in total. The molecule has 3 rings (SSSR count). The van der Waals surface area contributed by atoms with Crippen molar-refractivity contribution in [3.05, 3.63) is 30.1 Å². The third-order valence-electron chi connectivity index (χ3n) is 4.06. The maximum absolute atomic E-state index is 9.71. The molecule has 9 heteroatoms. The lowest BCUT2D eigenvalue weighted by atomic mass is 10.2. The number of nitrogens with one attached hydrogen (secondary N) is 2. The van der Waals surface area contributed by atoms with Crippen molar-refractivity contribution in [2.75, 3.05) is 26.7 Å². The number of aromatic nitrogens is 3. The topological polar surface area (TPSA) is 98.7 Å². The van der Waals surface area contributed by atoms with Crippen LogP contribution >= 0.6 is 24.0 Å². The van der Waals surface area contributed by atoms with E-state index in [1.54, 1.807) is 7.11 Å². The molecule has 1 aromatic carbocycles. The highest BCUT2D eigenvalue weighted by atomic mass is 127. The fourth-order valence-corrected chi connectivity index (χ4v) is 2.75. The van der Waals surface area contributed by atoms with Gasteiger partial charge in [-0.25, -0.2) is 9.98 Å². The second-order valence-electron chi connectivity index (χ2n) is 5.89. The Kier molecular flexibility index (Phi) is 7.64. The largest absolute Gasteiger partial charge is 0.497 e. The zero-order valence-electron chi connectivity index (χ0n) is 15.0. The highest BCUT2D eigenvalue weighted by molar-refractivity contribution is 14.0. The second-order valence-corrected chi connectivity index (χ2v) is 5.89. The quantitative estimate of drug-likeness (QED) is 0.348. The molecule has 1 aliphatic rings. The second kappa shape index (κ2) is 9.72. The standard InChI is InChI=1S/C17H24N6O2.HI/c1-3-18-17(23-9-8-13(24)11-23)19-10-15-20-16(22-21-15)12-4-6-14(25-2)7-5-12;/h4-7,13,24H,3,8-11H2,1-2H3,(H,18,19)(H,20,21,22);1H/t13-;/m1./s1. The lowest BCUT2D eigenvalue weighted by Crippen LogP contribution is -2.40. The van der Waals surface area contributed by atoms with E-state index in [2.05, 4.69) is 30.4 Å². The molecule has 26 heavy (non-hydrogen) atoms. The summed E-state index contributed by atoms with van der Waals surface area (Å²) < 4.78 is 5.16. The van der Waals surface area contributed by atoms with Gasteiger partial charge in [0.1, 0.15) is 18.1 Å². The monoisotopic (exact) mass is 472 g/mol. The molecule has 0 bridgehead atoms. The number of methoxy groups -OCH3 is 1. The van der Waals surface area contributed by atoms with Crippen LogP contribution in [0, 0.1) is 0 Å². The molecule has 1 atom stereocenters. The molecule has 0 aliphatic carbocycles. The molecule has 1 saturated heterocycles. The fraction of sp³-hybridized carbons (Fsp3) is 0.471. The number of likely N-dealkylation sites (tertiary alicyclic amines) is 1. The molecule has 0 spiro atoms. The van der Waals surface area contributed by atoms with Crippen LogP contribution in [-0.2, 0) is 6.54 Å². The van der Waals surface area contributed by atoms with Crippen molar-refractivity contribution in [2.45, 2.75) is 26.0 Å². The minimum absolute atomic E-state index is 0. The first-order valence-electron chi connectivity index (χ1n) is 8.46. The summed E-state index contributed by atoms with van der Waals surface area (Å²) in [5.74, 6) is 2.92. The Labute approximate surface area is 170 Å². The zero-order chi connectivity index (χ0) is 17.6. The number of rotatable bonds is 5. The summed E-state index contributed by atoms with van der Waals surface area (Å²) in [7, 11) is 1.64. The summed E-state index contributed by atoms with van der Waals surface area (Å²) in [6, 6.07) is 7.60. The fourth-order valence-electron chi connectivity index (χ4n) is 2.75. The molecule has 0 amide bonds. The molecule has 142 valence electrons. The number of β-amino-alcohol motifs (C(OH)–C–C–N with tert-alkyl or cyclic N) is 1. The Hall–Kier alpha value is -1.88. The van der Waals surface area contributed by atoms with Gasteiger partial charge in [-0.1, -0.05) is 0 Å². The van der Waals surface area contributed by atoms with E-state index in [4.69, 9.17) is 4.74 Å². The number of hydrogen-bond donors (Lipinski definition) is 3. The van der Waals surface area contributed by atoms with Crippen molar-refractivity contribution in [3.63, 3.8) is 0 Å². The predicted molar refractivity (Wildman–Crippen MR) is 111 cm³/mol. The lowest BCUT2D eigenvalue weighted by Gasteiger charge is -2.20. The number of aliphatic hydroxyl groups is 1. The summed E-state index contributed by atoms with van der Waals surface area (Å²) in [5, 5.41) is 20.2. The summed E-state index contributed by atoms with van der Waals surface area (Å²) in [4.78, 5) is 11.2. The van der Waals surface area contributed by atoms with Gasteiger partial charge in [0.25, 0.3) is 0 Å². The number of ether oxygens (including phenoxy) is 1. The van der Waals surface area contributed by atoms with Crippen LogP contribution in [0.2, 0.25) is 0 Å². The van der Waals surface area contributed by atoms with Gasteiger partial charge in [0.15, 0.2) is 11.8 Å². The SMILES string of the molecule is CCNC(=NCc1nc(-c2ccc(OC)cc2)n[nH]1)N1CC[C@@H](O)C1.I. The Morgan fingerprint density at radius 1 is 1.42 bits per heavy atom. The van der Waals surface area contributed by atoms with Gasteiger partial charge in [-0.3, -0.25) is 5.10 Å². The van der Waals surface area contributed by atoms with E-state index in [0.29, 0.717) is 24.7 Å². The van der Waals surface area contributed by atoms with Gasteiger partial charge >= 0.3 is 0 Å². The molecule has 2 aromatic rings. The highest BCUT2D eigenvalue weighted by Crippen LogP contribution is 2.19. The molecule has 0 unspecified atom stereocenters. The van der Waals surface area contributed by atoms with Gasteiger partial charge in [0, 0.05) is 25.2 Å². The average molecular weight is 472 g/mol. The number of H-pyrrole nitrogens is 1. The van der Waals surface area contributed by atoms with Crippen LogP contribution in [0.15, 0.2) is 29.3 Å². The maximum Gasteiger partial charge on any atom is 0.194 e. The van der Waals surface area contributed by atoms with Crippen LogP contribution in [0.25, 0.3) is 11.4 Å². The minimum atomic E-state index is -0.282. The van der Waals surface area contributed by atoms with Gasteiger partial charge < -0.3 is 20.1 Å². The van der Waals surface area contributed by atoms with Crippen molar-refractivity contribution in [2.24, 2.45) is 4.99 Å². The Morgan fingerprint density at radius 2 is 2.19 bits per heavy atom. The zero-order valence-corrected chi connectivity index (χ0v) is 17.3. The van der Waals surface area contributed by atoms with Crippen LogP contribution in [0.4, 0.5) is 0 Å². The van der Waals surface area contributed by atoms with Gasteiger partial charge in [0.2, 0.25) is 0 Å². The number of aliphatic imine (C=N–C) groups is 1. The highest BCUT2D eigenvalue weighted by Gasteiger charge is 2.22. The number of aliphatic hydroxyl groups excluding tert-OH is 1. The van der Waals surface area contributed by atoms with Gasteiger partial charge in [-0.15, -0.1) is 24.0 Å².